The van der Waals surface area contributed by atoms with Crippen LogP contribution in [0.3, 0.4) is 0 Å². The number of alkyl halides is 6. The summed E-state index contributed by atoms with van der Waals surface area (Å²) in [6.45, 7) is 1.50. The lowest BCUT2D eigenvalue weighted by molar-refractivity contribution is -0.201. The van der Waals surface area contributed by atoms with E-state index >= 15 is 0 Å². The van der Waals surface area contributed by atoms with Crippen LogP contribution in [0.5, 0.6) is 0 Å². The van der Waals surface area contributed by atoms with Gasteiger partial charge in [0.05, 0.1) is 35.2 Å². The van der Waals surface area contributed by atoms with E-state index in [-0.39, 0.29) is 59.5 Å². The summed E-state index contributed by atoms with van der Waals surface area (Å²) in [5, 5.41) is 6.76. The third-order valence-corrected chi connectivity index (χ3v) is 9.06. The molecule has 4 rings (SSSR count). The van der Waals surface area contributed by atoms with E-state index in [4.69, 9.17) is 4.74 Å². The molecule has 0 amide bonds. The second kappa shape index (κ2) is 13.7. The topological polar surface area (TPSA) is 125 Å². The van der Waals surface area contributed by atoms with Crippen LogP contribution in [0, 0.1) is 12.8 Å². The second-order valence-corrected chi connectivity index (χ2v) is 12.8. The molecule has 0 bridgehead atoms. The predicted octanol–water partition coefficient (Wildman–Crippen LogP) is 5.79. The molecule has 45 heavy (non-hydrogen) atoms. The van der Waals surface area contributed by atoms with E-state index in [1.807, 2.05) is 0 Å². The van der Waals surface area contributed by atoms with Crippen LogP contribution >= 0.6 is 0 Å². The van der Waals surface area contributed by atoms with Gasteiger partial charge in [0.1, 0.15) is 5.56 Å². The van der Waals surface area contributed by atoms with Crippen molar-refractivity contribution in [2.45, 2.75) is 62.4 Å². The van der Waals surface area contributed by atoms with Gasteiger partial charge in [-0.1, -0.05) is 0 Å². The zero-order valence-electron chi connectivity index (χ0n) is 24.3. The van der Waals surface area contributed by atoms with Gasteiger partial charge in [-0.25, -0.2) is 23.2 Å². The largest absolute Gasteiger partial charge is 0.490 e. The molecule has 0 spiro atoms. The monoisotopic (exact) mass is 663 g/mol. The Labute approximate surface area is 255 Å². The van der Waals surface area contributed by atoms with Crippen molar-refractivity contribution in [3.05, 3.63) is 47.9 Å². The van der Waals surface area contributed by atoms with E-state index in [0.717, 1.165) is 0 Å². The lowest BCUT2D eigenvalue weighted by atomic mass is 9.88. The fraction of sp³-hybridized carbons (Fsp3) is 0.500. The third kappa shape index (κ3) is 9.15. The lowest BCUT2D eigenvalue weighted by Crippen LogP contribution is -2.30. The highest BCUT2D eigenvalue weighted by molar-refractivity contribution is 7.91. The van der Waals surface area contributed by atoms with E-state index in [2.05, 4.69) is 25.1 Å². The highest BCUT2D eigenvalue weighted by atomic mass is 32.2. The highest BCUT2D eigenvalue weighted by Crippen LogP contribution is 2.36. The van der Waals surface area contributed by atoms with E-state index in [9.17, 15) is 39.6 Å². The van der Waals surface area contributed by atoms with Crippen LogP contribution in [-0.4, -0.2) is 65.4 Å². The zero-order valence-corrected chi connectivity index (χ0v) is 25.1. The number of hydrogen-bond donors (Lipinski definition) is 1. The van der Waals surface area contributed by atoms with Crippen LogP contribution in [-0.2, 0) is 37.3 Å². The van der Waals surface area contributed by atoms with Gasteiger partial charge >= 0.3 is 18.3 Å². The zero-order chi connectivity index (χ0) is 33.0. The Bertz CT molecular complexity index is 1600. The van der Waals surface area contributed by atoms with Crippen LogP contribution in [0.2, 0.25) is 0 Å². The molecule has 10 nitrogen and oxygen atoms in total. The average Bonchev–Trinajstić information content (AvgIpc) is 3.40. The number of rotatable bonds is 11. The number of carbonyl (C=O) groups is 1. The van der Waals surface area contributed by atoms with Gasteiger partial charge < -0.3 is 14.8 Å². The molecule has 246 valence electrons. The van der Waals surface area contributed by atoms with Crippen molar-refractivity contribution in [3.8, 4) is 11.3 Å². The maximum atomic E-state index is 13.6. The van der Waals surface area contributed by atoms with Crippen LogP contribution in [0.4, 0.5) is 38.0 Å². The summed E-state index contributed by atoms with van der Waals surface area (Å²) in [7, 11) is -2.12. The van der Waals surface area contributed by atoms with Gasteiger partial charge in [0.2, 0.25) is 5.95 Å². The van der Waals surface area contributed by atoms with Crippen LogP contribution in [0.1, 0.15) is 43.2 Å². The summed E-state index contributed by atoms with van der Waals surface area (Å²) in [4.78, 5) is 18.8. The average molecular weight is 664 g/mol. The fourth-order valence-corrected chi connectivity index (χ4v) is 6.23. The Morgan fingerprint density at radius 1 is 1.09 bits per heavy atom. The number of nitrogens with zero attached hydrogens (tertiary/aromatic N) is 4. The summed E-state index contributed by atoms with van der Waals surface area (Å²) < 4.78 is 115. The van der Waals surface area contributed by atoms with Crippen molar-refractivity contribution in [1.82, 2.24) is 19.7 Å². The Hall–Kier alpha value is -3.73. The van der Waals surface area contributed by atoms with Crippen LogP contribution < -0.4 is 5.32 Å². The number of ether oxygens (including phenoxy) is 2. The predicted molar refractivity (Wildman–Crippen MR) is 149 cm³/mol. The second-order valence-electron chi connectivity index (χ2n) is 10.7. The molecule has 0 aliphatic heterocycles. The van der Waals surface area contributed by atoms with E-state index in [0.29, 0.717) is 43.1 Å². The molecule has 1 fully saturated rings. The van der Waals surface area contributed by atoms with Gasteiger partial charge in [-0.2, -0.15) is 31.4 Å². The standard InChI is InChI=1S/C28H31F6N5O5S/c1-17-12-21(45(41,42)11-3-10-43-20-6-4-18(5-7-20)16-44-25(40)28(32,33)34)8-9-23(17)37-26-35-14-22(27(29,30)31)24(38-26)19-13-36-39(2)15-19/h8-9,12-15,18,20H,3-7,10-11,16H2,1-2H3,(H,35,37,38). The van der Waals surface area contributed by atoms with Gasteiger partial charge in [0.15, 0.2) is 9.84 Å². The molecule has 1 N–H and O–H groups in total. The Kier molecular flexibility index (Phi) is 10.4. The van der Waals surface area contributed by atoms with Crippen LogP contribution in [0.25, 0.3) is 11.3 Å². The first kappa shape index (κ1) is 34.1. The number of halogens is 6. The molecule has 0 radical (unpaired) electrons. The number of benzene rings is 1. The number of aromatic nitrogens is 4. The summed E-state index contributed by atoms with van der Waals surface area (Å²) >= 11 is 0. The first-order valence-corrected chi connectivity index (χ1v) is 15.6. The highest BCUT2D eigenvalue weighted by Gasteiger charge is 2.41. The molecule has 2 heterocycles. The van der Waals surface area contributed by atoms with Gasteiger partial charge in [0, 0.05) is 37.3 Å². The molecule has 3 aromatic rings. The lowest BCUT2D eigenvalue weighted by Gasteiger charge is -2.28. The quantitative estimate of drug-likeness (QED) is 0.154. The minimum atomic E-state index is -5.02. The van der Waals surface area contributed by atoms with E-state index in [1.54, 1.807) is 14.0 Å². The number of aryl methyl sites for hydroxylation is 2. The molecule has 2 aromatic heterocycles. The minimum absolute atomic E-state index is 0.0591. The van der Waals surface area contributed by atoms with E-state index < -0.39 is 33.7 Å². The smallest absolute Gasteiger partial charge is 0.459 e. The Balaban J connectivity index is 1.29. The molecule has 1 saturated carbocycles. The number of sulfone groups is 1. The number of anilines is 2. The SMILES string of the molecule is Cc1cc(S(=O)(=O)CCCOC2CCC(COC(=O)C(F)(F)F)CC2)ccc1Nc1ncc(C(F)(F)F)c(-c2cnn(C)c2)n1. The summed E-state index contributed by atoms with van der Waals surface area (Å²) in [5.74, 6) is -2.70. The molecule has 1 aliphatic rings. The molecular weight excluding hydrogens is 632 g/mol. The molecular formula is C28H31F6N5O5S. The number of esters is 1. The van der Waals surface area contributed by atoms with Crippen molar-refractivity contribution >= 4 is 27.4 Å². The third-order valence-electron chi connectivity index (χ3n) is 7.26. The molecule has 1 aliphatic carbocycles. The first-order chi connectivity index (χ1) is 21.0. The van der Waals surface area contributed by atoms with Crippen molar-refractivity contribution in [3.63, 3.8) is 0 Å². The number of nitrogens with one attached hydrogen (secondary N) is 1. The van der Waals surface area contributed by atoms with Gasteiger partial charge in [-0.3, -0.25) is 4.68 Å². The first-order valence-electron chi connectivity index (χ1n) is 13.9. The maximum Gasteiger partial charge on any atom is 0.490 e. The van der Waals surface area contributed by atoms with Gasteiger partial charge in [0.25, 0.3) is 0 Å². The number of carbonyl (C=O) groups excluding carboxylic acids is 1. The van der Waals surface area contributed by atoms with E-state index in [1.165, 1.54) is 35.3 Å². The summed E-state index contributed by atoms with van der Waals surface area (Å²) in [5.41, 5.74) is -0.332. The minimum Gasteiger partial charge on any atom is -0.459 e. The Morgan fingerprint density at radius 2 is 1.80 bits per heavy atom. The summed E-state index contributed by atoms with van der Waals surface area (Å²) in [6.07, 6.45) is -4.18. The van der Waals surface area contributed by atoms with Crippen molar-refractivity contribution < 1.29 is 49.0 Å². The van der Waals surface area contributed by atoms with Crippen LogP contribution in [0.15, 0.2) is 41.7 Å². The molecule has 0 unspecified atom stereocenters. The van der Waals surface area contributed by atoms with Gasteiger partial charge in [-0.05, 0) is 68.7 Å². The van der Waals surface area contributed by atoms with Crippen molar-refractivity contribution in [2.75, 3.05) is 24.3 Å². The van der Waals surface area contributed by atoms with Crippen molar-refractivity contribution in [2.24, 2.45) is 13.0 Å². The number of hydrogen-bond acceptors (Lipinski definition) is 9. The summed E-state index contributed by atoms with van der Waals surface area (Å²) in [6, 6.07) is 4.30. The molecule has 1 aromatic carbocycles. The fourth-order valence-electron chi connectivity index (χ4n) is 4.86. The molecule has 0 atom stereocenters. The molecule has 17 heteroatoms. The molecule has 0 saturated heterocycles. The Morgan fingerprint density at radius 3 is 2.40 bits per heavy atom. The normalized spacial score (nSPS) is 17.7. The van der Waals surface area contributed by atoms with Gasteiger partial charge in [-0.15, -0.1) is 0 Å². The maximum absolute atomic E-state index is 13.6. The van der Waals surface area contributed by atoms with Crippen molar-refractivity contribution in [1.29, 1.82) is 0 Å².